The van der Waals surface area contributed by atoms with Crippen LogP contribution in [0.4, 0.5) is 8.78 Å². The normalized spacial score (nSPS) is 21.2. The van der Waals surface area contributed by atoms with E-state index >= 15 is 0 Å². The van der Waals surface area contributed by atoms with Crippen molar-refractivity contribution in [2.24, 2.45) is 0 Å². The summed E-state index contributed by atoms with van der Waals surface area (Å²) in [5.74, 6) is -1.23. The zero-order chi connectivity index (χ0) is 21.7. The third kappa shape index (κ3) is 5.13. The third-order valence-electron chi connectivity index (χ3n) is 5.65. The Morgan fingerprint density at radius 3 is 2.48 bits per heavy atom. The Morgan fingerprint density at radius 1 is 0.968 bits per heavy atom. The molecular formula is C25H24ClF2NO2. The van der Waals surface area contributed by atoms with Gasteiger partial charge in [-0.15, -0.1) is 0 Å². The predicted octanol–water partition coefficient (Wildman–Crippen LogP) is 5.61. The quantitative estimate of drug-likeness (QED) is 0.515. The lowest BCUT2D eigenvalue weighted by Gasteiger charge is -2.44. The number of hydrogen-bond donors (Lipinski definition) is 1. The molecule has 0 spiro atoms. The summed E-state index contributed by atoms with van der Waals surface area (Å²) in [6.45, 7) is 1.72. The molecule has 0 unspecified atom stereocenters. The molecule has 0 amide bonds. The maximum atomic E-state index is 14.2. The van der Waals surface area contributed by atoms with Crippen LogP contribution in [0.1, 0.15) is 23.1 Å². The van der Waals surface area contributed by atoms with Crippen LogP contribution >= 0.6 is 11.6 Å². The number of benzene rings is 3. The standard InChI is InChI=1S/C25H24ClF2NO2/c26-21-9-7-20(8-10-21)25(31-16-18-4-2-1-3-5-18)12-13-29-15-24(25)30-17-19-6-11-22(27)14-23(19)28/h1-11,14,24,29H,12-13,15-17H2/t24-,25+/m0/s1. The molecule has 0 bridgehead atoms. The Balaban J connectivity index is 1.61. The summed E-state index contributed by atoms with van der Waals surface area (Å²) in [5, 5.41) is 3.98. The van der Waals surface area contributed by atoms with Gasteiger partial charge in [-0.25, -0.2) is 8.78 Å². The highest BCUT2D eigenvalue weighted by Crippen LogP contribution is 2.38. The summed E-state index contributed by atoms with van der Waals surface area (Å²) >= 11 is 6.12. The van der Waals surface area contributed by atoms with Gasteiger partial charge in [0.15, 0.2) is 0 Å². The molecule has 0 aromatic heterocycles. The van der Waals surface area contributed by atoms with E-state index in [1.54, 1.807) is 0 Å². The number of hydrogen-bond acceptors (Lipinski definition) is 3. The van der Waals surface area contributed by atoms with E-state index in [4.69, 9.17) is 21.1 Å². The first-order chi connectivity index (χ1) is 15.1. The first kappa shape index (κ1) is 21.9. The topological polar surface area (TPSA) is 30.5 Å². The lowest BCUT2D eigenvalue weighted by Crippen LogP contribution is -2.54. The van der Waals surface area contributed by atoms with Gasteiger partial charge in [-0.05, 0) is 42.3 Å². The lowest BCUT2D eigenvalue weighted by atomic mass is 9.82. The third-order valence-corrected chi connectivity index (χ3v) is 5.90. The molecule has 1 saturated heterocycles. The van der Waals surface area contributed by atoms with Crippen LogP contribution < -0.4 is 5.32 Å². The molecule has 0 radical (unpaired) electrons. The van der Waals surface area contributed by atoms with Crippen LogP contribution in [0.2, 0.25) is 5.02 Å². The van der Waals surface area contributed by atoms with Crippen molar-refractivity contribution in [1.29, 1.82) is 0 Å². The van der Waals surface area contributed by atoms with Gasteiger partial charge in [0.2, 0.25) is 0 Å². The Labute approximate surface area is 186 Å². The molecule has 2 atom stereocenters. The molecule has 3 aromatic rings. The highest BCUT2D eigenvalue weighted by molar-refractivity contribution is 6.30. The summed E-state index contributed by atoms with van der Waals surface area (Å²) in [6.07, 6.45) is 0.300. The van der Waals surface area contributed by atoms with E-state index in [9.17, 15) is 8.78 Å². The summed E-state index contributed by atoms with van der Waals surface area (Å²) in [5.41, 5.74) is 1.58. The van der Waals surface area contributed by atoms with Gasteiger partial charge in [-0.3, -0.25) is 0 Å². The van der Waals surface area contributed by atoms with Crippen molar-refractivity contribution in [3.8, 4) is 0 Å². The van der Waals surface area contributed by atoms with Crippen LogP contribution in [0.5, 0.6) is 0 Å². The Kier molecular flexibility index (Phi) is 6.98. The Bertz CT molecular complexity index is 1000. The minimum Gasteiger partial charge on any atom is -0.369 e. The van der Waals surface area contributed by atoms with E-state index in [0.29, 0.717) is 30.2 Å². The maximum absolute atomic E-state index is 14.2. The van der Waals surface area contributed by atoms with Crippen molar-refractivity contribution in [2.45, 2.75) is 31.3 Å². The van der Waals surface area contributed by atoms with Gasteiger partial charge in [0.25, 0.3) is 0 Å². The second kappa shape index (κ2) is 9.88. The van der Waals surface area contributed by atoms with Crippen molar-refractivity contribution in [2.75, 3.05) is 13.1 Å². The zero-order valence-electron chi connectivity index (χ0n) is 17.0. The highest BCUT2D eigenvalue weighted by Gasteiger charge is 2.44. The number of ether oxygens (including phenoxy) is 2. The van der Waals surface area contributed by atoms with Gasteiger partial charge >= 0.3 is 0 Å². The molecule has 162 valence electrons. The van der Waals surface area contributed by atoms with Gasteiger partial charge in [-0.1, -0.05) is 60.1 Å². The van der Waals surface area contributed by atoms with E-state index in [1.807, 2.05) is 54.6 Å². The smallest absolute Gasteiger partial charge is 0.131 e. The van der Waals surface area contributed by atoms with Crippen LogP contribution in [0.15, 0.2) is 72.8 Å². The van der Waals surface area contributed by atoms with Crippen molar-refractivity contribution < 1.29 is 18.3 Å². The second-order valence-electron chi connectivity index (χ2n) is 7.66. The molecule has 31 heavy (non-hydrogen) atoms. The minimum atomic E-state index is -0.734. The van der Waals surface area contributed by atoms with Gasteiger partial charge in [-0.2, -0.15) is 0 Å². The Hall–Kier alpha value is -2.31. The fourth-order valence-corrected chi connectivity index (χ4v) is 4.08. The lowest BCUT2D eigenvalue weighted by molar-refractivity contribution is -0.176. The van der Waals surface area contributed by atoms with Crippen LogP contribution in [0, 0.1) is 11.6 Å². The van der Waals surface area contributed by atoms with Crippen molar-refractivity contribution in [1.82, 2.24) is 5.32 Å². The van der Waals surface area contributed by atoms with E-state index in [1.165, 1.54) is 12.1 Å². The molecule has 4 rings (SSSR count). The summed E-state index contributed by atoms with van der Waals surface area (Å²) < 4.78 is 40.2. The van der Waals surface area contributed by atoms with Crippen LogP contribution in [-0.2, 0) is 28.3 Å². The van der Waals surface area contributed by atoms with Gasteiger partial charge in [0.1, 0.15) is 23.3 Å². The predicted molar refractivity (Wildman–Crippen MR) is 117 cm³/mol. The molecule has 1 aliphatic heterocycles. The number of rotatable bonds is 7. The summed E-state index contributed by atoms with van der Waals surface area (Å²) in [4.78, 5) is 0. The highest BCUT2D eigenvalue weighted by atomic mass is 35.5. The van der Waals surface area contributed by atoms with E-state index in [0.717, 1.165) is 23.7 Å². The monoisotopic (exact) mass is 443 g/mol. The number of nitrogens with one attached hydrogen (secondary N) is 1. The average molecular weight is 444 g/mol. The fourth-order valence-electron chi connectivity index (χ4n) is 3.95. The molecule has 3 nitrogen and oxygen atoms in total. The SMILES string of the molecule is Fc1ccc(CO[C@H]2CNCC[C@@]2(OCc2ccccc2)c2ccc(Cl)cc2)c(F)c1. The summed E-state index contributed by atoms with van der Waals surface area (Å²) in [7, 11) is 0. The molecular weight excluding hydrogens is 420 g/mol. The first-order valence-electron chi connectivity index (χ1n) is 10.3. The van der Waals surface area contributed by atoms with Gasteiger partial charge in [0, 0.05) is 23.2 Å². The van der Waals surface area contributed by atoms with Crippen molar-refractivity contribution in [3.05, 3.63) is 106 Å². The van der Waals surface area contributed by atoms with E-state index < -0.39 is 17.2 Å². The van der Waals surface area contributed by atoms with Crippen molar-refractivity contribution in [3.63, 3.8) is 0 Å². The number of piperidine rings is 1. The second-order valence-corrected chi connectivity index (χ2v) is 8.10. The van der Waals surface area contributed by atoms with Crippen LogP contribution in [-0.4, -0.2) is 19.2 Å². The van der Waals surface area contributed by atoms with Crippen LogP contribution in [0.25, 0.3) is 0 Å². The molecule has 1 heterocycles. The van der Waals surface area contributed by atoms with Gasteiger partial charge < -0.3 is 14.8 Å². The fraction of sp³-hybridized carbons (Fsp3) is 0.280. The zero-order valence-corrected chi connectivity index (χ0v) is 17.7. The van der Waals surface area contributed by atoms with Gasteiger partial charge in [0.05, 0.1) is 13.2 Å². The molecule has 0 saturated carbocycles. The summed E-state index contributed by atoms with van der Waals surface area (Å²) in [6, 6.07) is 21.0. The molecule has 0 aliphatic carbocycles. The molecule has 1 aliphatic rings. The maximum Gasteiger partial charge on any atom is 0.131 e. The largest absolute Gasteiger partial charge is 0.369 e. The van der Waals surface area contributed by atoms with Crippen LogP contribution in [0.3, 0.4) is 0 Å². The molecule has 1 N–H and O–H groups in total. The first-order valence-corrected chi connectivity index (χ1v) is 10.6. The Morgan fingerprint density at radius 2 is 1.74 bits per heavy atom. The van der Waals surface area contributed by atoms with E-state index in [2.05, 4.69) is 5.32 Å². The average Bonchev–Trinajstić information content (AvgIpc) is 2.79. The van der Waals surface area contributed by atoms with E-state index in [-0.39, 0.29) is 12.7 Å². The molecule has 6 heteroatoms. The molecule has 1 fully saturated rings. The number of halogens is 3. The van der Waals surface area contributed by atoms with Crippen molar-refractivity contribution >= 4 is 11.6 Å². The molecule has 3 aromatic carbocycles. The minimum absolute atomic E-state index is 0.0164.